The summed E-state index contributed by atoms with van der Waals surface area (Å²) in [7, 11) is 0. The highest BCUT2D eigenvalue weighted by Crippen LogP contribution is 2.08. The van der Waals surface area contributed by atoms with Crippen molar-refractivity contribution in [2.24, 2.45) is 0 Å². The van der Waals surface area contributed by atoms with Gasteiger partial charge >= 0.3 is 0 Å². The van der Waals surface area contributed by atoms with Gasteiger partial charge in [-0.1, -0.05) is 48.5 Å². The van der Waals surface area contributed by atoms with Gasteiger partial charge in [0.05, 0.1) is 12.5 Å². The molecule has 0 spiro atoms. The largest absolute Gasteiger partial charge is 0.473 e. The number of ketones is 2. The van der Waals surface area contributed by atoms with E-state index < -0.39 is 0 Å². The number of rotatable bonds is 6. The Balaban J connectivity index is 1.88. The summed E-state index contributed by atoms with van der Waals surface area (Å²) in [4.78, 5) is 22.4. The first-order chi connectivity index (χ1) is 11.1. The van der Waals surface area contributed by atoms with E-state index in [0.29, 0.717) is 11.1 Å². The van der Waals surface area contributed by atoms with Crippen LogP contribution in [0, 0.1) is 0 Å². The number of hydrogen-bond acceptors (Lipinski definition) is 3. The highest BCUT2D eigenvalue weighted by atomic mass is 16.5. The lowest BCUT2D eigenvalue weighted by molar-refractivity contribution is 0.100. The molecule has 0 unspecified atom stereocenters. The number of ether oxygens (including phenoxy) is 1. The van der Waals surface area contributed by atoms with Crippen molar-refractivity contribution in [2.45, 2.75) is 13.8 Å². The van der Waals surface area contributed by atoms with Crippen molar-refractivity contribution in [1.82, 2.24) is 0 Å². The van der Waals surface area contributed by atoms with Crippen LogP contribution in [0.3, 0.4) is 0 Å². The zero-order chi connectivity index (χ0) is 16.7. The molecule has 0 N–H and O–H groups in total. The van der Waals surface area contributed by atoms with Gasteiger partial charge in [-0.25, -0.2) is 0 Å². The number of Topliss-reactive ketones (excluding diaryl/α,β-unsaturated/α-hetero) is 2. The van der Waals surface area contributed by atoms with E-state index in [1.165, 1.54) is 0 Å². The third-order valence-corrected chi connectivity index (χ3v) is 3.31. The molecule has 0 aliphatic carbocycles. The van der Waals surface area contributed by atoms with Crippen LogP contribution in [-0.4, -0.2) is 11.6 Å². The molecule has 0 aliphatic rings. The zero-order valence-electron chi connectivity index (χ0n) is 13.2. The Bertz CT molecular complexity index is 670. The predicted octanol–water partition coefficient (Wildman–Crippen LogP) is 4.75. The van der Waals surface area contributed by atoms with Gasteiger partial charge in [0.1, 0.15) is 0 Å². The predicted molar refractivity (Wildman–Crippen MR) is 92.0 cm³/mol. The van der Waals surface area contributed by atoms with Crippen molar-refractivity contribution in [1.29, 1.82) is 0 Å². The molecule has 116 valence electrons. The summed E-state index contributed by atoms with van der Waals surface area (Å²) in [6.45, 7) is 3.09. The van der Waals surface area contributed by atoms with E-state index in [0.717, 1.165) is 11.1 Å². The summed E-state index contributed by atoms with van der Waals surface area (Å²) in [6.07, 6.45) is 6.77. The summed E-state index contributed by atoms with van der Waals surface area (Å²) >= 11 is 0. The highest BCUT2D eigenvalue weighted by Gasteiger charge is 1.97. The van der Waals surface area contributed by atoms with Crippen molar-refractivity contribution >= 4 is 23.7 Å². The minimum atomic E-state index is 0.0514. The second-order valence-corrected chi connectivity index (χ2v) is 5.10. The van der Waals surface area contributed by atoms with Crippen LogP contribution in [0.25, 0.3) is 12.2 Å². The van der Waals surface area contributed by atoms with Crippen LogP contribution in [0.4, 0.5) is 0 Å². The fourth-order valence-electron chi connectivity index (χ4n) is 1.94. The van der Waals surface area contributed by atoms with E-state index >= 15 is 0 Å². The lowest BCUT2D eigenvalue weighted by Crippen LogP contribution is -1.90. The SMILES string of the molecule is CC(=O)c1ccc(C=COC=Cc2ccc(C(C)=O)cc2)cc1. The fourth-order valence-corrected chi connectivity index (χ4v) is 1.94. The van der Waals surface area contributed by atoms with Crippen LogP contribution in [0.2, 0.25) is 0 Å². The lowest BCUT2D eigenvalue weighted by atomic mass is 10.1. The molecule has 0 atom stereocenters. The fraction of sp³-hybridized carbons (Fsp3) is 0.100. The molecule has 0 saturated carbocycles. The van der Waals surface area contributed by atoms with Crippen LogP contribution in [0.15, 0.2) is 61.1 Å². The molecule has 0 fully saturated rings. The summed E-state index contributed by atoms with van der Waals surface area (Å²) < 4.78 is 5.30. The van der Waals surface area contributed by atoms with Crippen LogP contribution >= 0.6 is 0 Å². The molecule has 3 nitrogen and oxygen atoms in total. The highest BCUT2D eigenvalue weighted by molar-refractivity contribution is 5.94. The van der Waals surface area contributed by atoms with Gasteiger partial charge < -0.3 is 4.74 Å². The number of carbonyl (C=O) groups excluding carboxylic acids is 2. The van der Waals surface area contributed by atoms with Crippen LogP contribution in [0.5, 0.6) is 0 Å². The molecule has 0 heterocycles. The Morgan fingerprint density at radius 2 is 1.04 bits per heavy atom. The van der Waals surface area contributed by atoms with Gasteiger partial charge in [0.15, 0.2) is 11.6 Å². The van der Waals surface area contributed by atoms with Crippen molar-refractivity contribution in [3.8, 4) is 0 Å². The lowest BCUT2D eigenvalue weighted by Gasteiger charge is -1.97. The molecule has 0 saturated heterocycles. The van der Waals surface area contributed by atoms with Crippen molar-refractivity contribution < 1.29 is 14.3 Å². The molecule has 2 aromatic rings. The Hall–Kier alpha value is -2.94. The molecular weight excluding hydrogens is 288 g/mol. The normalized spacial score (nSPS) is 11.0. The Morgan fingerprint density at radius 3 is 1.35 bits per heavy atom. The first kappa shape index (κ1) is 16.4. The standard InChI is InChI=1S/C20H18O3/c1-15(21)19-7-3-17(4-8-19)11-13-23-14-12-18-5-9-20(10-6-18)16(2)22/h3-14H,1-2H3. The van der Waals surface area contributed by atoms with E-state index in [1.807, 2.05) is 36.4 Å². The van der Waals surface area contributed by atoms with Gasteiger partial charge in [0.2, 0.25) is 0 Å². The molecule has 2 rings (SSSR count). The van der Waals surface area contributed by atoms with Gasteiger partial charge in [-0.05, 0) is 37.1 Å². The monoisotopic (exact) mass is 306 g/mol. The van der Waals surface area contributed by atoms with E-state index in [1.54, 1.807) is 50.6 Å². The molecule has 2 aromatic carbocycles. The average molecular weight is 306 g/mol. The second kappa shape index (κ2) is 7.90. The molecule has 0 radical (unpaired) electrons. The number of carbonyl (C=O) groups is 2. The van der Waals surface area contributed by atoms with Gasteiger partial charge in [-0.2, -0.15) is 0 Å². The van der Waals surface area contributed by atoms with Crippen molar-refractivity contribution in [3.63, 3.8) is 0 Å². The molecule has 3 heteroatoms. The maximum absolute atomic E-state index is 11.2. The topological polar surface area (TPSA) is 43.4 Å². The summed E-state index contributed by atoms with van der Waals surface area (Å²) in [6, 6.07) is 14.6. The first-order valence-corrected chi connectivity index (χ1v) is 7.27. The first-order valence-electron chi connectivity index (χ1n) is 7.27. The maximum atomic E-state index is 11.2. The molecule has 0 bridgehead atoms. The van der Waals surface area contributed by atoms with E-state index in [2.05, 4.69) is 0 Å². The van der Waals surface area contributed by atoms with Gasteiger partial charge in [0, 0.05) is 11.1 Å². The molecular formula is C20H18O3. The Kier molecular flexibility index (Phi) is 5.64. The summed E-state index contributed by atoms with van der Waals surface area (Å²) in [5.74, 6) is 0.103. The third-order valence-electron chi connectivity index (χ3n) is 3.31. The smallest absolute Gasteiger partial charge is 0.159 e. The van der Waals surface area contributed by atoms with Gasteiger partial charge in [-0.3, -0.25) is 9.59 Å². The average Bonchev–Trinajstić information content (AvgIpc) is 2.55. The van der Waals surface area contributed by atoms with E-state index in [4.69, 9.17) is 4.74 Å². The molecule has 0 amide bonds. The molecule has 23 heavy (non-hydrogen) atoms. The number of hydrogen-bond donors (Lipinski definition) is 0. The van der Waals surface area contributed by atoms with Gasteiger partial charge in [-0.15, -0.1) is 0 Å². The molecule has 0 aromatic heterocycles. The zero-order valence-corrected chi connectivity index (χ0v) is 13.2. The summed E-state index contributed by atoms with van der Waals surface area (Å²) in [5, 5.41) is 0. The van der Waals surface area contributed by atoms with Crippen LogP contribution in [-0.2, 0) is 4.74 Å². The minimum absolute atomic E-state index is 0.0514. The van der Waals surface area contributed by atoms with Crippen LogP contribution in [0.1, 0.15) is 45.7 Å². The van der Waals surface area contributed by atoms with Crippen molar-refractivity contribution in [2.75, 3.05) is 0 Å². The Labute approximate surface area is 135 Å². The molecule has 0 aliphatic heterocycles. The minimum Gasteiger partial charge on any atom is -0.473 e. The van der Waals surface area contributed by atoms with E-state index in [9.17, 15) is 9.59 Å². The Morgan fingerprint density at radius 1 is 0.696 bits per heavy atom. The summed E-state index contributed by atoms with van der Waals surface area (Å²) in [5.41, 5.74) is 3.29. The van der Waals surface area contributed by atoms with Gasteiger partial charge in [0.25, 0.3) is 0 Å². The third kappa shape index (κ3) is 5.08. The maximum Gasteiger partial charge on any atom is 0.159 e. The number of benzene rings is 2. The quantitative estimate of drug-likeness (QED) is 0.571. The van der Waals surface area contributed by atoms with Crippen LogP contribution < -0.4 is 0 Å². The second-order valence-electron chi connectivity index (χ2n) is 5.10. The van der Waals surface area contributed by atoms with Crippen molar-refractivity contribution in [3.05, 3.63) is 83.3 Å². The van der Waals surface area contributed by atoms with E-state index in [-0.39, 0.29) is 11.6 Å².